The minimum absolute atomic E-state index is 0.122. The predicted molar refractivity (Wildman–Crippen MR) is 107 cm³/mol. The summed E-state index contributed by atoms with van der Waals surface area (Å²) in [5.41, 5.74) is -0.949. The zero-order chi connectivity index (χ0) is 21.3. The quantitative estimate of drug-likeness (QED) is 0.677. The Morgan fingerprint density at radius 2 is 1.59 bits per heavy atom. The zero-order valence-corrected chi connectivity index (χ0v) is 16.2. The molecule has 8 nitrogen and oxygen atoms in total. The van der Waals surface area contributed by atoms with Crippen molar-refractivity contribution in [2.24, 2.45) is 0 Å². The van der Waals surface area contributed by atoms with Gasteiger partial charge in [-0.05, 0) is 38.3 Å². The lowest BCUT2D eigenvalue weighted by molar-refractivity contribution is 0.482. The molecule has 9 heteroatoms. The molecular formula is C20H21FN4O4. The molecule has 152 valence electrons. The van der Waals surface area contributed by atoms with Gasteiger partial charge in [0.15, 0.2) is 0 Å². The number of rotatable bonds is 5. The van der Waals surface area contributed by atoms with E-state index < -0.39 is 34.4 Å². The molecule has 0 saturated heterocycles. The van der Waals surface area contributed by atoms with E-state index in [4.69, 9.17) is 0 Å². The molecule has 2 heterocycles. The summed E-state index contributed by atoms with van der Waals surface area (Å²) >= 11 is 0. The van der Waals surface area contributed by atoms with Crippen LogP contribution in [-0.4, -0.2) is 19.1 Å². The van der Waals surface area contributed by atoms with Crippen LogP contribution in [0.4, 0.5) is 4.39 Å². The van der Waals surface area contributed by atoms with E-state index in [1.54, 1.807) is 25.1 Å². The molecule has 0 spiro atoms. The average molecular weight is 400 g/mol. The number of aromatic nitrogens is 4. The maximum Gasteiger partial charge on any atom is 0.328 e. The Morgan fingerprint density at radius 3 is 2.28 bits per heavy atom. The largest absolute Gasteiger partial charge is 0.328 e. The van der Waals surface area contributed by atoms with Gasteiger partial charge in [-0.25, -0.2) is 9.59 Å². The fourth-order valence-electron chi connectivity index (χ4n) is 3.17. The monoisotopic (exact) mass is 400 g/mol. The van der Waals surface area contributed by atoms with Crippen LogP contribution in [0.2, 0.25) is 0 Å². The Morgan fingerprint density at radius 1 is 0.931 bits per heavy atom. The Bertz CT molecular complexity index is 1280. The number of hydrogen-bond donors (Lipinski definition) is 2. The Hall–Kier alpha value is -3.49. The molecule has 0 aliphatic carbocycles. The summed E-state index contributed by atoms with van der Waals surface area (Å²) in [6.45, 7) is 5.39. The van der Waals surface area contributed by atoms with Gasteiger partial charge in [0, 0.05) is 18.3 Å². The van der Waals surface area contributed by atoms with E-state index in [-0.39, 0.29) is 6.04 Å². The Labute approximate surface area is 164 Å². The molecule has 0 amide bonds. The van der Waals surface area contributed by atoms with Crippen molar-refractivity contribution in [3.8, 4) is 11.1 Å². The van der Waals surface area contributed by atoms with Crippen molar-refractivity contribution in [3.63, 3.8) is 0 Å². The number of benzene rings is 1. The first-order chi connectivity index (χ1) is 13.7. The standard InChI is InChI=1S/C20H21FN4O4/c1-11(2)24-9-15(17(26)22-19(24)28)14-6-4-5-13(8-14)7-12(3)25-10-16(21)18(27)23-20(25)29/h4-6,8-12H,7H2,1-3H3,(H,22,26,28)(H,23,27,29). The van der Waals surface area contributed by atoms with Crippen LogP contribution in [0.1, 0.15) is 38.4 Å². The summed E-state index contributed by atoms with van der Waals surface area (Å²) in [7, 11) is 0. The SMILES string of the molecule is CC(C)n1cc(-c2cccc(CC(C)n3cc(F)c(=O)[nH]c3=O)c2)c(=O)[nH]c1=O. The van der Waals surface area contributed by atoms with Gasteiger partial charge < -0.3 is 0 Å². The molecule has 0 aliphatic rings. The molecule has 0 radical (unpaired) electrons. The summed E-state index contributed by atoms with van der Waals surface area (Å²) in [5, 5.41) is 0. The summed E-state index contributed by atoms with van der Waals surface area (Å²) in [6.07, 6.45) is 2.77. The second-order valence-electron chi connectivity index (χ2n) is 7.20. The van der Waals surface area contributed by atoms with Crippen molar-refractivity contribution in [2.45, 2.75) is 39.3 Å². The van der Waals surface area contributed by atoms with Crippen LogP contribution >= 0.6 is 0 Å². The first kappa shape index (κ1) is 20.2. The Kier molecular flexibility index (Phi) is 5.49. The molecule has 0 saturated carbocycles. The normalized spacial score (nSPS) is 12.3. The second kappa shape index (κ2) is 7.86. The summed E-state index contributed by atoms with van der Waals surface area (Å²) in [5.74, 6) is -1.03. The van der Waals surface area contributed by atoms with Gasteiger partial charge in [0.1, 0.15) is 0 Å². The molecule has 2 aromatic heterocycles. The van der Waals surface area contributed by atoms with E-state index >= 15 is 0 Å². The number of aromatic amines is 2. The van der Waals surface area contributed by atoms with Crippen LogP contribution in [0.25, 0.3) is 11.1 Å². The highest BCUT2D eigenvalue weighted by Crippen LogP contribution is 2.20. The van der Waals surface area contributed by atoms with E-state index in [2.05, 4.69) is 4.98 Å². The fourth-order valence-corrected chi connectivity index (χ4v) is 3.17. The Balaban J connectivity index is 1.97. The third-order valence-electron chi connectivity index (χ3n) is 4.69. The van der Waals surface area contributed by atoms with Crippen molar-refractivity contribution >= 4 is 0 Å². The van der Waals surface area contributed by atoms with E-state index in [0.717, 1.165) is 16.3 Å². The number of hydrogen-bond acceptors (Lipinski definition) is 4. The van der Waals surface area contributed by atoms with Gasteiger partial charge in [-0.15, -0.1) is 0 Å². The van der Waals surface area contributed by atoms with Crippen LogP contribution < -0.4 is 22.5 Å². The molecule has 2 N–H and O–H groups in total. The van der Waals surface area contributed by atoms with Gasteiger partial charge in [-0.1, -0.05) is 24.3 Å². The minimum atomic E-state index is -1.06. The van der Waals surface area contributed by atoms with Gasteiger partial charge >= 0.3 is 11.4 Å². The lowest BCUT2D eigenvalue weighted by Crippen LogP contribution is -2.33. The van der Waals surface area contributed by atoms with E-state index in [1.165, 1.54) is 10.8 Å². The topological polar surface area (TPSA) is 110 Å². The second-order valence-corrected chi connectivity index (χ2v) is 7.20. The van der Waals surface area contributed by atoms with Gasteiger partial charge in [-0.3, -0.25) is 28.7 Å². The molecule has 0 fully saturated rings. The van der Waals surface area contributed by atoms with Crippen LogP contribution in [0.15, 0.2) is 55.8 Å². The minimum Gasteiger partial charge on any atom is -0.297 e. The molecule has 1 aromatic carbocycles. The number of nitrogens with zero attached hydrogens (tertiary/aromatic N) is 2. The third-order valence-corrected chi connectivity index (χ3v) is 4.69. The number of halogens is 1. The average Bonchev–Trinajstić information content (AvgIpc) is 2.64. The van der Waals surface area contributed by atoms with Gasteiger partial charge in [-0.2, -0.15) is 4.39 Å². The third kappa shape index (κ3) is 4.18. The van der Waals surface area contributed by atoms with Crippen molar-refractivity contribution in [1.29, 1.82) is 0 Å². The van der Waals surface area contributed by atoms with Crippen molar-refractivity contribution in [2.75, 3.05) is 0 Å². The maximum absolute atomic E-state index is 13.6. The van der Waals surface area contributed by atoms with Gasteiger partial charge in [0.25, 0.3) is 11.1 Å². The molecule has 3 aromatic rings. The van der Waals surface area contributed by atoms with Crippen LogP contribution in [0.5, 0.6) is 0 Å². The smallest absolute Gasteiger partial charge is 0.297 e. The highest BCUT2D eigenvalue weighted by Gasteiger charge is 2.13. The summed E-state index contributed by atoms with van der Waals surface area (Å²) < 4.78 is 16.1. The molecule has 1 atom stereocenters. The molecule has 29 heavy (non-hydrogen) atoms. The molecule has 1 unspecified atom stereocenters. The molecule has 0 aliphatic heterocycles. The highest BCUT2D eigenvalue weighted by atomic mass is 19.1. The van der Waals surface area contributed by atoms with E-state index in [1.807, 2.05) is 24.9 Å². The summed E-state index contributed by atoms with van der Waals surface area (Å²) in [4.78, 5) is 51.7. The highest BCUT2D eigenvalue weighted by molar-refractivity contribution is 5.62. The molecular weight excluding hydrogens is 379 g/mol. The van der Waals surface area contributed by atoms with Crippen LogP contribution in [-0.2, 0) is 6.42 Å². The fraction of sp³-hybridized carbons (Fsp3) is 0.300. The van der Waals surface area contributed by atoms with Crippen molar-refractivity contribution in [3.05, 3.63) is 89.7 Å². The number of H-pyrrole nitrogens is 2. The zero-order valence-electron chi connectivity index (χ0n) is 16.2. The van der Waals surface area contributed by atoms with Gasteiger partial charge in [0.05, 0.1) is 11.8 Å². The van der Waals surface area contributed by atoms with Crippen molar-refractivity contribution < 1.29 is 4.39 Å². The van der Waals surface area contributed by atoms with E-state index in [0.29, 0.717) is 17.5 Å². The first-order valence-corrected chi connectivity index (χ1v) is 9.13. The van der Waals surface area contributed by atoms with Crippen LogP contribution in [0.3, 0.4) is 0 Å². The van der Waals surface area contributed by atoms with E-state index in [9.17, 15) is 23.6 Å². The first-order valence-electron chi connectivity index (χ1n) is 9.13. The van der Waals surface area contributed by atoms with Crippen LogP contribution in [0, 0.1) is 5.82 Å². The molecule has 0 bridgehead atoms. The summed E-state index contributed by atoms with van der Waals surface area (Å²) in [6, 6.07) is 6.55. The van der Waals surface area contributed by atoms with Gasteiger partial charge in [0.2, 0.25) is 5.82 Å². The number of nitrogens with one attached hydrogen (secondary N) is 2. The lowest BCUT2D eigenvalue weighted by Gasteiger charge is -2.15. The lowest BCUT2D eigenvalue weighted by atomic mass is 10.0. The predicted octanol–water partition coefficient (Wildman–Crippen LogP) is 1.58. The molecule has 3 rings (SSSR count). The maximum atomic E-state index is 13.6. The van der Waals surface area contributed by atoms with Crippen molar-refractivity contribution in [1.82, 2.24) is 19.1 Å².